The normalized spacial score (nSPS) is 15.1. The molecule has 0 aromatic heterocycles. The fraction of sp³-hybridized carbons (Fsp3) is 0.539. The van der Waals surface area contributed by atoms with E-state index >= 15 is 0 Å². The molecule has 5 aromatic rings. The quantitative estimate of drug-likeness (QED) is 0.168. The largest absolute Gasteiger partial charge is 0.257 e. The molecule has 5 aromatic carbocycles. The molecule has 0 fully saturated rings. The first-order valence-corrected chi connectivity index (χ1v) is 31.6. The van der Waals surface area contributed by atoms with Gasteiger partial charge in [-0.1, -0.05) is 233 Å². The Morgan fingerprint density at radius 3 is 1.14 bits per heavy atom. The van der Waals surface area contributed by atoms with Crippen molar-refractivity contribution in [1.82, 2.24) is 0 Å². The van der Waals surface area contributed by atoms with Gasteiger partial charge < -0.3 is 0 Å². The van der Waals surface area contributed by atoms with E-state index < -0.39 is 0 Å². The van der Waals surface area contributed by atoms with Crippen LogP contribution < -0.4 is 0 Å². The molecule has 0 saturated carbocycles. The fourth-order valence-electron chi connectivity index (χ4n) is 11.0. The Morgan fingerprint density at radius 1 is 0.357 bits per heavy atom. The van der Waals surface area contributed by atoms with Crippen molar-refractivity contribution in [3.8, 4) is 0 Å². The Labute approximate surface area is 513 Å². The Morgan fingerprint density at radius 2 is 0.702 bits per heavy atom. The number of rotatable bonds is 5. The van der Waals surface area contributed by atoms with Crippen molar-refractivity contribution in [2.24, 2.45) is 54.6 Å². The molecule has 0 saturated heterocycles. The third kappa shape index (κ3) is 16.2. The van der Waals surface area contributed by atoms with Crippen LogP contribution in [-0.2, 0) is 59.2 Å². The Kier molecular flexibility index (Phi) is 20.9. The van der Waals surface area contributed by atoms with E-state index in [9.17, 15) is 8.78 Å². The lowest BCUT2D eigenvalue weighted by atomic mass is 9.82. The van der Waals surface area contributed by atoms with Crippen molar-refractivity contribution in [2.75, 3.05) is 0 Å². The van der Waals surface area contributed by atoms with Crippen molar-refractivity contribution in [3.05, 3.63) is 145 Å². The number of halogens is 3. The van der Waals surface area contributed by atoms with Gasteiger partial charge in [-0.05, 0) is 143 Å². The topological polar surface area (TPSA) is 61.8 Å². The van der Waals surface area contributed by atoms with Gasteiger partial charge in [0.1, 0.15) is 11.5 Å². The molecule has 454 valence electrons. The average molecular weight is 1160 g/mol. The summed E-state index contributed by atoms with van der Waals surface area (Å²) in [6.45, 7) is 56.2. The van der Waals surface area contributed by atoms with E-state index in [4.69, 9.17) is 26.6 Å². The van der Waals surface area contributed by atoms with Gasteiger partial charge in [0.15, 0.2) is 5.82 Å². The van der Waals surface area contributed by atoms with Gasteiger partial charge in [0.25, 0.3) is 0 Å². The van der Waals surface area contributed by atoms with E-state index in [2.05, 4.69) is 191 Å². The van der Waals surface area contributed by atoms with Gasteiger partial charge >= 0.3 is 0 Å². The molecule has 0 spiro atoms. The summed E-state index contributed by atoms with van der Waals surface area (Å²) < 4.78 is 28.4. The molecule has 5 aliphatic heterocycles. The molecular formula is C76H104ClF2N5. The Balaban J connectivity index is 0.000000168. The summed E-state index contributed by atoms with van der Waals surface area (Å²) in [5.41, 5.74) is 24.2. The standard InChI is InChI=1S/C16H23N.C15H20ClN.2C15H20FN.C15H21N/c1-10(2)14-9-12-7-8-13(16(4,5)6)11(3)15(12)17-14;1-9(2)12-8-10-6-7-11(15(3,4)5)13(16)14(10)17-12;1-9(2)13-7-10-6-12(16)11(15(3,4)5)8-14(10)17-13;1-9(2)12-8-10-6-7-11(15(3,4)5)13(16)14(10)17-12;1-10(2)13-8-11-6-7-12(15(3,4)5)9-14(11)16-13/h7-8,10H,9H2,1-6H3;6-7,9H,8H2,1-5H3;6,8-9H,7H2,1-5H3;6-7,9H,8H2,1-5H3;6-7,9-10H,8H2,1-5H3. The third-order valence-corrected chi connectivity index (χ3v) is 17.1. The molecule has 0 N–H and O–H groups in total. The number of nitrogens with zero attached hydrogens (tertiary/aromatic N) is 5. The zero-order chi connectivity index (χ0) is 63.1. The first-order valence-electron chi connectivity index (χ1n) is 31.2. The highest BCUT2D eigenvalue weighted by Crippen LogP contribution is 2.44. The van der Waals surface area contributed by atoms with E-state index in [0.29, 0.717) is 35.3 Å². The second-order valence-electron chi connectivity index (χ2n) is 30.8. The van der Waals surface area contributed by atoms with Crippen LogP contribution >= 0.6 is 11.6 Å². The molecule has 0 aliphatic carbocycles. The molecule has 0 unspecified atom stereocenters. The SMILES string of the molecule is CC(C)C1=Nc2c(ccc(C(C)(C)C)c2Cl)C1.CC(C)C1=Nc2c(ccc(C(C)(C)C)c2F)C1.CC(C)C1=Nc2cc(C(C)(C)C)c(F)cc2C1.CC(C)C1=Nc2cc(C(C)(C)C)ccc2C1.Cc1c(C(C)(C)C)ccc2c1N=C(C(C)C)C2. The molecule has 5 nitrogen and oxygen atoms in total. The second-order valence-corrected chi connectivity index (χ2v) is 31.2. The lowest BCUT2D eigenvalue weighted by Crippen LogP contribution is -2.13. The van der Waals surface area contributed by atoms with Gasteiger partial charge in [0, 0.05) is 60.7 Å². The molecule has 5 aliphatic rings. The summed E-state index contributed by atoms with van der Waals surface area (Å²) in [4.78, 5) is 23.4. The summed E-state index contributed by atoms with van der Waals surface area (Å²) in [5, 5.41) is 0.839. The number of hydrogen-bond acceptors (Lipinski definition) is 5. The monoisotopic (exact) mass is 1160 g/mol. The van der Waals surface area contributed by atoms with Crippen molar-refractivity contribution in [3.63, 3.8) is 0 Å². The Bertz CT molecular complexity index is 3160. The minimum absolute atomic E-state index is 0.0716. The summed E-state index contributed by atoms with van der Waals surface area (Å²) in [6.07, 6.45) is 4.63. The minimum Gasteiger partial charge on any atom is -0.257 e. The fourth-order valence-corrected chi connectivity index (χ4v) is 11.6. The molecule has 84 heavy (non-hydrogen) atoms. The van der Waals surface area contributed by atoms with Gasteiger partial charge in [-0.3, -0.25) is 25.0 Å². The van der Waals surface area contributed by atoms with E-state index in [-0.39, 0.29) is 38.7 Å². The first-order chi connectivity index (χ1) is 38.6. The van der Waals surface area contributed by atoms with Crippen molar-refractivity contribution >= 4 is 68.6 Å². The maximum atomic E-state index is 14.4. The molecule has 0 atom stereocenters. The van der Waals surface area contributed by atoms with Gasteiger partial charge in [-0.2, -0.15) is 0 Å². The van der Waals surface area contributed by atoms with Crippen LogP contribution in [-0.4, -0.2) is 28.6 Å². The number of benzene rings is 5. The average Bonchev–Trinajstić information content (AvgIpc) is 4.07. The van der Waals surface area contributed by atoms with Crippen molar-refractivity contribution in [1.29, 1.82) is 0 Å². The van der Waals surface area contributed by atoms with Crippen LogP contribution in [0.15, 0.2) is 91.7 Å². The van der Waals surface area contributed by atoms with Crippen LogP contribution in [0, 0.1) is 48.1 Å². The molecule has 0 amide bonds. The van der Waals surface area contributed by atoms with Crippen LogP contribution in [0.3, 0.4) is 0 Å². The number of hydrogen-bond donors (Lipinski definition) is 0. The van der Waals surface area contributed by atoms with Gasteiger partial charge in [0.2, 0.25) is 0 Å². The second kappa shape index (κ2) is 25.9. The summed E-state index contributed by atoms with van der Waals surface area (Å²) >= 11 is 6.50. The molecule has 0 bridgehead atoms. The van der Waals surface area contributed by atoms with Crippen LogP contribution in [0.2, 0.25) is 5.02 Å². The van der Waals surface area contributed by atoms with Crippen LogP contribution in [0.5, 0.6) is 0 Å². The molecule has 10 rings (SSSR count). The van der Waals surface area contributed by atoms with Crippen molar-refractivity contribution in [2.45, 2.75) is 239 Å². The molecule has 0 radical (unpaired) electrons. The van der Waals surface area contributed by atoms with E-state index in [1.165, 1.54) is 67.5 Å². The van der Waals surface area contributed by atoms with Crippen LogP contribution in [0.25, 0.3) is 0 Å². The van der Waals surface area contributed by atoms with E-state index in [1.807, 2.05) is 59.7 Å². The summed E-state index contributed by atoms with van der Waals surface area (Å²) in [5.74, 6) is 2.20. The van der Waals surface area contributed by atoms with Gasteiger partial charge in [-0.25, -0.2) is 8.78 Å². The smallest absolute Gasteiger partial charge is 0.152 e. The predicted octanol–water partition coefficient (Wildman–Crippen LogP) is 22.6. The summed E-state index contributed by atoms with van der Waals surface area (Å²) in [7, 11) is 0. The Hall–Kier alpha value is -5.40. The zero-order valence-electron chi connectivity index (χ0n) is 56.6. The zero-order valence-corrected chi connectivity index (χ0v) is 57.4. The molecule has 5 heterocycles. The lowest BCUT2D eigenvalue weighted by molar-refractivity contribution is 0.522. The third-order valence-electron chi connectivity index (χ3n) is 16.8. The highest BCUT2D eigenvalue weighted by Gasteiger charge is 2.30. The van der Waals surface area contributed by atoms with Crippen LogP contribution in [0.1, 0.15) is 234 Å². The van der Waals surface area contributed by atoms with Crippen LogP contribution in [0.4, 0.5) is 37.2 Å². The first kappa shape index (κ1) is 67.7. The number of fused-ring (bicyclic) bond motifs is 5. The minimum atomic E-state index is -0.171. The van der Waals surface area contributed by atoms with E-state index in [0.717, 1.165) is 82.2 Å². The summed E-state index contributed by atoms with van der Waals surface area (Å²) in [6, 6.07) is 23.1. The highest BCUT2D eigenvalue weighted by atomic mass is 35.5. The highest BCUT2D eigenvalue weighted by molar-refractivity contribution is 6.34. The lowest BCUT2D eigenvalue weighted by Gasteiger charge is -2.22. The van der Waals surface area contributed by atoms with Gasteiger partial charge in [0.05, 0.1) is 27.8 Å². The predicted molar refractivity (Wildman–Crippen MR) is 364 cm³/mol. The maximum absolute atomic E-state index is 14.4. The van der Waals surface area contributed by atoms with Crippen molar-refractivity contribution < 1.29 is 8.78 Å². The van der Waals surface area contributed by atoms with Gasteiger partial charge in [-0.15, -0.1) is 0 Å². The molecular weight excluding hydrogens is 1060 g/mol. The number of aliphatic imine (C=N–C) groups is 5. The maximum Gasteiger partial charge on any atom is 0.152 e. The molecule has 8 heteroatoms. The van der Waals surface area contributed by atoms with E-state index in [1.54, 1.807) is 6.07 Å².